The molecule has 0 atom stereocenters. The first-order chi connectivity index (χ1) is 12.6. The lowest BCUT2D eigenvalue weighted by Crippen LogP contribution is -2.19. The van der Waals surface area contributed by atoms with Crippen molar-refractivity contribution in [3.8, 4) is 17.6 Å². The van der Waals surface area contributed by atoms with Crippen LogP contribution in [-0.4, -0.2) is 11.0 Å². The molecule has 0 radical (unpaired) electrons. The van der Waals surface area contributed by atoms with Gasteiger partial charge in [0.15, 0.2) is 0 Å². The van der Waals surface area contributed by atoms with Gasteiger partial charge in [-0.05, 0) is 54.6 Å². The van der Waals surface area contributed by atoms with Crippen molar-refractivity contribution in [3.05, 3.63) is 72.4 Å². The first kappa shape index (κ1) is 16.8. The van der Waals surface area contributed by atoms with Crippen molar-refractivity contribution in [3.63, 3.8) is 0 Å². The predicted molar refractivity (Wildman–Crippen MR) is 99.0 cm³/mol. The van der Waals surface area contributed by atoms with Gasteiger partial charge in [-0.2, -0.15) is 5.26 Å². The Labute approximate surface area is 150 Å². The number of hydrogen-bond acceptors (Lipinski definition) is 5. The fourth-order valence-electron chi connectivity index (χ4n) is 2.15. The topological polar surface area (TPSA) is 113 Å². The van der Waals surface area contributed by atoms with E-state index >= 15 is 0 Å². The number of hydrogen-bond donors (Lipinski definition) is 3. The Morgan fingerprint density at radius 1 is 1.00 bits per heavy atom. The Balaban J connectivity index is 1.59. The number of anilines is 3. The third kappa shape index (κ3) is 4.49. The third-order valence-corrected chi connectivity index (χ3v) is 3.36. The molecular formula is C19H15N5O2. The van der Waals surface area contributed by atoms with Crippen LogP contribution in [-0.2, 0) is 0 Å². The zero-order chi connectivity index (χ0) is 18.4. The molecule has 4 N–H and O–H groups in total. The fraction of sp³-hybridized carbons (Fsp3) is 0. The van der Waals surface area contributed by atoms with Gasteiger partial charge in [0.25, 0.3) is 0 Å². The highest BCUT2D eigenvalue weighted by Crippen LogP contribution is 2.23. The zero-order valence-corrected chi connectivity index (χ0v) is 13.6. The van der Waals surface area contributed by atoms with E-state index in [1.807, 2.05) is 6.07 Å². The van der Waals surface area contributed by atoms with Gasteiger partial charge < -0.3 is 21.1 Å². The quantitative estimate of drug-likeness (QED) is 0.662. The molecule has 0 aliphatic rings. The smallest absolute Gasteiger partial charge is 0.323 e. The minimum absolute atomic E-state index is 0.406. The Morgan fingerprint density at radius 2 is 1.73 bits per heavy atom. The third-order valence-electron chi connectivity index (χ3n) is 3.36. The molecule has 0 spiro atoms. The maximum Gasteiger partial charge on any atom is 0.323 e. The monoisotopic (exact) mass is 345 g/mol. The number of pyridine rings is 1. The van der Waals surface area contributed by atoms with Crippen LogP contribution in [0.15, 0.2) is 66.9 Å². The van der Waals surface area contributed by atoms with Crippen LogP contribution in [0.3, 0.4) is 0 Å². The zero-order valence-electron chi connectivity index (χ0n) is 13.6. The minimum atomic E-state index is -0.406. The number of ether oxygens (including phenoxy) is 1. The Hall–Kier alpha value is -4.05. The van der Waals surface area contributed by atoms with Crippen LogP contribution in [0.2, 0.25) is 0 Å². The van der Waals surface area contributed by atoms with Crippen LogP contribution in [0.4, 0.5) is 22.0 Å². The van der Waals surface area contributed by atoms with Gasteiger partial charge in [-0.15, -0.1) is 0 Å². The number of nitrogens with two attached hydrogens (primary N) is 1. The predicted octanol–water partition coefficient (Wildman–Crippen LogP) is 3.97. The number of rotatable bonds is 4. The molecule has 3 rings (SSSR count). The first-order valence-electron chi connectivity index (χ1n) is 7.70. The second-order valence-corrected chi connectivity index (χ2v) is 5.32. The van der Waals surface area contributed by atoms with Gasteiger partial charge in [-0.3, -0.25) is 0 Å². The lowest BCUT2D eigenvalue weighted by atomic mass is 10.2. The summed E-state index contributed by atoms with van der Waals surface area (Å²) in [6, 6.07) is 18.5. The van der Waals surface area contributed by atoms with E-state index in [9.17, 15) is 4.79 Å². The highest BCUT2D eigenvalue weighted by Gasteiger charge is 2.04. The minimum Gasteiger partial charge on any atom is -0.456 e. The van der Waals surface area contributed by atoms with Crippen molar-refractivity contribution >= 4 is 23.2 Å². The van der Waals surface area contributed by atoms with Crippen LogP contribution in [0.5, 0.6) is 11.5 Å². The van der Waals surface area contributed by atoms with Crippen molar-refractivity contribution in [2.45, 2.75) is 0 Å². The number of nitriles is 1. The SMILES string of the molecule is N#Cc1cccc(NC(=O)Nc2ccc(Oc3ccc(N)nc3)cc2)c1. The number of urea groups is 1. The van der Waals surface area contributed by atoms with E-state index in [1.165, 1.54) is 6.20 Å². The summed E-state index contributed by atoms with van der Waals surface area (Å²) < 4.78 is 5.64. The fourth-order valence-corrected chi connectivity index (χ4v) is 2.15. The van der Waals surface area contributed by atoms with Gasteiger partial charge in [0, 0.05) is 11.4 Å². The van der Waals surface area contributed by atoms with Crippen molar-refractivity contribution in [2.75, 3.05) is 16.4 Å². The highest BCUT2D eigenvalue weighted by atomic mass is 16.5. The molecule has 0 aliphatic carbocycles. The van der Waals surface area contributed by atoms with Crippen molar-refractivity contribution in [2.24, 2.45) is 0 Å². The highest BCUT2D eigenvalue weighted by molar-refractivity contribution is 5.99. The van der Waals surface area contributed by atoms with Crippen molar-refractivity contribution < 1.29 is 9.53 Å². The lowest BCUT2D eigenvalue weighted by Gasteiger charge is -2.09. The van der Waals surface area contributed by atoms with E-state index in [-0.39, 0.29) is 0 Å². The maximum absolute atomic E-state index is 12.0. The molecule has 1 aromatic heterocycles. The summed E-state index contributed by atoms with van der Waals surface area (Å²) in [5, 5.41) is 14.3. The number of nitrogens with one attached hydrogen (secondary N) is 2. The van der Waals surface area contributed by atoms with Gasteiger partial charge in [0.2, 0.25) is 0 Å². The molecule has 0 saturated carbocycles. The molecule has 0 saturated heterocycles. The molecular weight excluding hydrogens is 330 g/mol. The summed E-state index contributed by atoms with van der Waals surface area (Å²) in [5.41, 5.74) is 7.14. The number of aromatic nitrogens is 1. The van der Waals surface area contributed by atoms with Gasteiger partial charge in [-0.25, -0.2) is 9.78 Å². The normalized spacial score (nSPS) is 9.81. The van der Waals surface area contributed by atoms with E-state index in [0.29, 0.717) is 34.3 Å². The van der Waals surface area contributed by atoms with Crippen LogP contribution >= 0.6 is 0 Å². The van der Waals surface area contributed by atoms with Crippen LogP contribution in [0.25, 0.3) is 0 Å². The molecule has 0 aliphatic heterocycles. The number of carbonyl (C=O) groups is 1. The Bertz CT molecular complexity index is 947. The molecule has 26 heavy (non-hydrogen) atoms. The van der Waals surface area contributed by atoms with Crippen LogP contribution < -0.4 is 21.1 Å². The molecule has 3 aromatic rings. The summed E-state index contributed by atoms with van der Waals surface area (Å²) >= 11 is 0. The van der Waals surface area contributed by atoms with Gasteiger partial charge in [-0.1, -0.05) is 6.07 Å². The molecule has 7 heteroatoms. The molecule has 0 unspecified atom stereocenters. The van der Waals surface area contributed by atoms with Gasteiger partial charge in [0.05, 0.1) is 17.8 Å². The average molecular weight is 345 g/mol. The van der Waals surface area contributed by atoms with Crippen LogP contribution in [0, 0.1) is 11.3 Å². The molecule has 128 valence electrons. The number of carbonyl (C=O) groups excluding carboxylic acids is 1. The molecule has 2 aromatic carbocycles. The molecule has 2 amide bonds. The van der Waals surface area contributed by atoms with Gasteiger partial charge in [0.1, 0.15) is 17.3 Å². The molecule has 0 fully saturated rings. The summed E-state index contributed by atoms with van der Waals surface area (Å²) in [5.74, 6) is 1.59. The molecule has 0 bridgehead atoms. The maximum atomic E-state index is 12.0. The Morgan fingerprint density at radius 3 is 2.42 bits per heavy atom. The Kier molecular flexibility index (Phi) is 4.96. The van der Waals surface area contributed by atoms with E-state index in [4.69, 9.17) is 15.7 Å². The second-order valence-electron chi connectivity index (χ2n) is 5.32. The second kappa shape index (κ2) is 7.68. The number of benzene rings is 2. The summed E-state index contributed by atoms with van der Waals surface area (Å²) in [4.78, 5) is 16.0. The van der Waals surface area contributed by atoms with E-state index in [0.717, 1.165) is 0 Å². The van der Waals surface area contributed by atoms with E-state index < -0.39 is 6.03 Å². The van der Waals surface area contributed by atoms with Crippen molar-refractivity contribution in [1.29, 1.82) is 5.26 Å². The summed E-state index contributed by atoms with van der Waals surface area (Å²) in [7, 11) is 0. The number of amides is 2. The molecule has 7 nitrogen and oxygen atoms in total. The van der Waals surface area contributed by atoms with Crippen molar-refractivity contribution in [1.82, 2.24) is 4.98 Å². The average Bonchev–Trinajstić information content (AvgIpc) is 2.65. The van der Waals surface area contributed by atoms with Gasteiger partial charge >= 0.3 is 6.03 Å². The molecule has 1 heterocycles. The summed E-state index contributed by atoms with van der Waals surface area (Å²) in [6.07, 6.45) is 1.53. The van der Waals surface area contributed by atoms with E-state index in [1.54, 1.807) is 60.7 Å². The first-order valence-corrected chi connectivity index (χ1v) is 7.70. The standard InChI is InChI=1S/C19H15N5O2/c20-11-13-2-1-3-15(10-13)24-19(25)23-14-4-6-16(7-5-14)26-17-8-9-18(21)22-12-17/h1-10,12H,(H2,21,22)(H2,23,24,25). The largest absolute Gasteiger partial charge is 0.456 e. The lowest BCUT2D eigenvalue weighted by molar-refractivity contribution is 0.262. The number of nitrogens with zero attached hydrogens (tertiary/aromatic N) is 2. The van der Waals surface area contributed by atoms with E-state index in [2.05, 4.69) is 15.6 Å². The number of nitrogen functional groups attached to an aromatic ring is 1. The van der Waals surface area contributed by atoms with Crippen LogP contribution in [0.1, 0.15) is 5.56 Å². The summed E-state index contributed by atoms with van der Waals surface area (Å²) in [6.45, 7) is 0.